The summed E-state index contributed by atoms with van der Waals surface area (Å²) in [4.78, 5) is 0. The maximum Gasteiger partial charge on any atom is 0.0971 e. The van der Waals surface area contributed by atoms with Gasteiger partial charge in [-0.1, -0.05) is 0 Å². The third-order valence-electron chi connectivity index (χ3n) is 3.14. The Kier molecular flexibility index (Phi) is 3.73. The van der Waals surface area contributed by atoms with Gasteiger partial charge in [0, 0.05) is 12.8 Å². The van der Waals surface area contributed by atoms with Gasteiger partial charge in [0.15, 0.2) is 0 Å². The van der Waals surface area contributed by atoms with Crippen molar-refractivity contribution >= 4 is 0 Å². The third-order valence-corrected chi connectivity index (χ3v) is 3.14. The number of rotatable bonds is 0. The van der Waals surface area contributed by atoms with E-state index in [1.807, 2.05) is 0 Å². The second-order valence-corrected chi connectivity index (χ2v) is 5.86. The van der Waals surface area contributed by atoms with Crippen molar-refractivity contribution in [3.05, 3.63) is 12.2 Å². The van der Waals surface area contributed by atoms with Crippen molar-refractivity contribution in [2.24, 2.45) is 0 Å². The van der Waals surface area contributed by atoms with Crippen LogP contribution in [0.3, 0.4) is 0 Å². The third kappa shape index (κ3) is 4.25. The van der Waals surface area contributed by atoms with Gasteiger partial charge in [-0.3, -0.25) is 0 Å². The first-order valence-electron chi connectivity index (χ1n) is 5.70. The van der Waals surface area contributed by atoms with Crippen LogP contribution in [0.25, 0.3) is 0 Å². The van der Waals surface area contributed by atoms with E-state index >= 15 is 0 Å². The van der Waals surface area contributed by atoms with Crippen LogP contribution in [0.5, 0.6) is 0 Å². The molecule has 0 saturated heterocycles. The number of nitrogens with zero attached hydrogens (tertiary/aromatic N) is 2. The van der Waals surface area contributed by atoms with Gasteiger partial charge in [0.25, 0.3) is 0 Å². The van der Waals surface area contributed by atoms with Gasteiger partial charge in [-0.05, 0) is 12.2 Å². The van der Waals surface area contributed by atoms with Crippen LogP contribution in [0, 0.1) is 0 Å². The van der Waals surface area contributed by atoms with Crippen molar-refractivity contribution < 1.29 is 8.97 Å². The Balaban J connectivity index is 2.56. The van der Waals surface area contributed by atoms with Gasteiger partial charge in [0.05, 0.1) is 54.4 Å². The average molecular weight is 198 g/mol. The van der Waals surface area contributed by atoms with Gasteiger partial charge in [0.1, 0.15) is 0 Å². The topological polar surface area (TPSA) is 0 Å². The molecule has 82 valence electrons. The highest BCUT2D eigenvalue weighted by Crippen LogP contribution is 2.08. The van der Waals surface area contributed by atoms with Crippen molar-refractivity contribution in [3.8, 4) is 0 Å². The lowest BCUT2D eigenvalue weighted by atomic mass is 10.2. The van der Waals surface area contributed by atoms with Gasteiger partial charge >= 0.3 is 0 Å². The fraction of sp³-hybridized carbons (Fsp3) is 0.833. The normalized spacial score (nSPS) is 29.4. The van der Waals surface area contributed by atoms with Gasteiger partial charge in [0.2, 0.25) is 0 Å². The van der Waals surface area contributed by atoms with E-state index in [1.165, 1.54) is 39.0 Å². The summed E-state index contributed by atoms with van der Waals surface area (Å²) in [5.41, 5.74) is 0. The Morgan fingerprint density at radius 1 is 0.714 bits per heavy atom. The highest BCUT2D eigenvalue weighted by molar-refractivity contribution is 4.81. The molecule has 2 nitrogen and oxygen atoms in total. The van der Waals surface area contributed by atoms with Crippen LogP contribution in [0.4, 0.5) is 0 Å². The van der Waals surface area contributed by atoms with E-state index in [2.05, 4.69) is 40.3 Å². The second-order valence-electron chi connectivity index (χ2n) is 5.86. The van der Waals surface area contributed by atoms with Gasteiger partial charge < -0.3 is 8.97 Å². The van der Waals surface area contributed by atoms with Crippen LogP contribution in [-0.2, 0) is 0 Å². The summed E-state index contributed by atoms with van der Waals surface area (Å²) in [6.45, 7) is 4.98. The van der Waals surface area contributed by atoms with Crippen LogP contribution in [-0.4, -0.2) is 63.3 Å². The van der Waals surface area contributed by atoms with Crippen LogP contribution >= 0.6 is 0 Å². The molecule has 0 aromatic carbocycles. The maximum absolute atomic E-state index is 2.35. The summed E-state index contributed by atoms with van der Waals surface area (Å²) in [5, 5.41) is 0. The van der Waals surface area contributed by atoms with E-state index in [9.17, 15) is 0 Å². The molecule has 0 unspecified atom stereocenters. The molecule has 0 aromatic rings. The minimum Gasteiger partial charge on any atom is -0.325 e. The number of quaternary nitrogens is 2. The molecule has 0 spiro atoms. The van der Waals surface area contributed by atoms with E-state index in [0.29, 0.717) is 0 Å². The van der Waals surface area contributed by atoms with Gasteiger partial charge in [-0.25, -0.2) is 0 Å². The zero-order chi connectivity index (χ0) is 10.7. The molecule has 0 aliphatic carbocycles. The Labute approximate surface area is 89.0 Å². The predicted octanol–water partition coefficient (Wildman–Crippen LogP) is 1.49. The lowest BCUT2D eigenvalue weighted by Crippen LogP contribution is -2.44. The first-order chi connectivity index (χ1) is 6.41. The Morgan fingerprint density at radius 3 is 1.43 bits per heavy atom. The van der Waals surface area contributed by atoms with Crippen molar-refractivity contribution in [2.75, 3.05) is 54.4 Å². The van der Waals surface area contributed by atoms with Crippen molar-refractivity contribution in [3.63, 3.8) is 0 Å². The van der Waals surface area contributed by atoms with Crippen molar-refractivity contribution in [1.82, 2.24) is 0 Å². The molecule has 1 heterocycles. The first kappa shape index (κ1) is 11.7. The second kappa shape index (κ2) is 4.45. The van der Waals surface area contributed by atoms with Gasteiger partial charge in [-0.15, -0.1) is 0 Å². The molecule has 0 N–H and O–H groups in total. The minimum absolute atomic E-state index is 1.14. The standard InChI is InChI=1S/C12H26N2/c1-13(2)9-5-7-11-14(3,4)12-8-6-10-13/h5,7H,6,8-12H2,1-4H3/q+2/b7-5-. The molecular formula is C12H26N2+2. The zero-order valence-electron chi connectivity index (χ0n) is 10.3. The molecule has 1 aliphatic heterocycles. The van der Waals surface area contributed by atoms with Crippen molar-refractivity contribution in [2.45, 2.75) is 12.8 Å². The van der Waals surface area contributed by atoms with Crippen molar-refractivity contribution in [1.29, 1.82) is 0 Å². The maximum atomic E-state index is 2.35. The summed E-state index contributed by atoms with van der Waals surface area (Å²) in [7, 11) is 9.30. The largest absolute Gasteiger partial charge is 0.325 e. The summed E-state index contributed by atoms with van der Waals surface area (Å²) in [5.74, 6) is 0. The highest BCUT2D eigenvalue weighted by atomic mass is 15.3. The number of likely N-dealkylation sites (N-methyl/N-ethyl adjacent to an activating group) is 2. The smallest absolute Gasteiger partial charge is 0.0971 e. The fourth-order valence-corrected chi connectivity index (χ4v) is 1.98. The molecule has 0 atom stereocenters. The van der Waals surface area contributed by atoms with Gasteiger partial charge in [-0.2, -0.15) is 0 Å². The molecule has 0 amide bonds. The molecule has 1 rings (SSSR count). The first-order valence-corrected chi connectivity index (χ1v) is 5.70. The zero-order valence-corrected chi connectivity index (χ0v) is 10.3. The fourth-order valence-electron chi connectivity index (χ4n) is 1.98. The molecule has 0 bridgehead atoms. The van der Waals surface area contributed by atoms with Crippen LogP contribution in [0.2, 0.25) is 0 Å². The molecule has 0 radical (unpaired) electrons. The van der Waals surface area contributed by atoms with E-state index in [-0.39, 0.29) is 0 Å². The monoisotopic (exact) mass is 198 g/mol. The summed E-state index contributed by atoms with van der Waals surface area (Å²) in [6.07, 6.45) is 7.43. The van der Waals surface area contributed by atoms with Crippen LogP contribution in [0.15, 0.2) is 12.2 Å². The Hall–Kier alpha value is -0.340. The summed E-state index contributed by atoms with van der Waals surface area (Å²) in [6, 6.07) is 0. The predicted molar refractivity (Wildman–Crippen MR) is 62.1 cm³/mol. The number of hydrogen-bond donors (Lipinski definition) is 0. The van der Waals surface area contributed by atoms with E-state index in [1.54, 1.807) is 0 Å². The van der Waals surface area contributed by atoms with Crippen LogP contribution in [0.1, 0.15) is 12.8 Å². The molecule has 0 saturated carbocycles. The van der Waals surface area contributed by atoms with E-state index in [4.69, 9.17) is 0 Å². The SMILES string of the molecule is C[N+]1(C)C/C=C\C[N+](C)(C)CCCC1. The van der Waals surface area contributed by atoms with E-state index in [0.717, 1.165) is 8.97 Å². The molecule has 14 heavy (non-hydrogen) atoms. The summed E-state index contributed by atoms with van der Waals surface area (Å²) < 4.78 is 2.29. The highest BCUT2D eigenvalue weighted by Gasteiger charge is 2.17. The molecule has 2 heteroatoms. The molecule has 0 aromatic heterocycles. The average Bonchev–Trinajstić information content (AvgIpc) is 2.07. The summed E-state index contributed by atoms with van der Waals surface area (Å²) >= 11 is 0. The minimum atomic E-state index is 1.14. The Morgan fingerprint density at radius 2 is 1.07 bits per heavy atom. The number of hydrogen-bond acceptors (Lipinski definition) is 0. The molecule has 1 aliphatic rings. The quantitative estimate of drug-likeness (QED) is 0.409. The van der Waals surface area contributed by atoms with Crippen LogP contribution < -0.4 is 0 Å². The Bertz CT molecular complexity index is 182. The van der Waals surface area contributed by atoms with E-state index < -0.39 is 0 Å². The lowest BCUT2D eigenvalue weighted by Gasteiger charge is -2.32. The molecular weight excluding hydrogens is 172 g/mol. The lowest BCUT2D eigenvalue weighted by molar-refractivity contribution is -0.893. The molecule has 0 fully saturated rings.